The number of hydrogen-bond acceptors (Lipinski definition) is 4. The Morgan fingerprint density at radius 2 is 1.77 bits per heavy atom. The zero-order valence-electron chi connectivity index (χ0n) is 14.5. The van der Waals surface area contributed by atoms with Crippen LogP contribution in [-0.2, 0) is 6.54 Å². The van der Waals surface area contributed by atoms with Gasteiger partial charge in [0, 0.05) is 18.4 Å². The van der Waals surface area contributed by atoms with Gasteiger partial charge in [0.1, 0.15) is 0 Å². The first-order chi connectivity index (χ1) is 12.8. The zero-order chi connectivity index (χ0) is 17.8. The monoisotopic (exact) mass is 345 g/mol. The van der Waals surface area contributed by atoms with E-state index < -0.39 is 0 Å². The molecule has 0 aliphatic carbocycles. The van der Waals surface area contributed by atoms with Crippen LogP contribution in [0.15, 0.2) is 54.6 Å². The van der Waals surface area contributed by atoms with Crippen LogP contribution in [0.1, 0.15) is 41.4 Å². The van der Waals surface area contributed by atoms with E-state index in [0.717, 1.165) is 24.5 Å². The van der Waals surface area contributed by atoms with Crippen molar-refractivity contribution >= 4 is 0 Å². The largest absolute Gasteiger partial charge is 0.322 e. The summed E-state index contributed by atoms with van der Waals surface area (Å²) in [6, 6.07) is 20.4. The number of rotatable bonds is 5. The highest BCUT2D eigenvalue weighted by Gasteiger charge is 2.33. The first-order valence-electron chi connectivity index (χ1n) is 9.00. The highest BCUT2D eigenvalue weighted by Crippen LogP contribution is 2.19. The van der Waals surface area contributed by atoms with Crippen LogP contribution < -0.4 is 4.90 Å². The van der Waals surface area contributed by atoms with E-state index in [2.05, 4.69) is 33.7 Å². The van der Waals surface area contributed by atoms with Crippen molar-refractivity contribution in [2.45, 2.75) is 25.4 Å². The van der Waals surface area contributed by atoms with Crippen molar-refractivity contribution < 1.29 is 4.90 Å². The Morgan fingerprint density at radius 3 is 2.46 bits per heavy atom. The van der Waals surface area contributed by atoms with Crippen LogP contribution in [0.5, 0.6) is 0 Å². The van der Waals surface area contributed by atoms with Crippen LogP contribution in [0.3, 0.4) is 0 Å². The lowest BCUT2D eigenvalue weighted by Crippen LogP contribution is -3.10. The molecule has 1 aromatic heterocycles. The summed E-state index contributed by atoms with van der Waals surface area (Å²) in [5, 5.41) is 21.7. The van der Waals surface area contributed by atoms with Gasteiger partial charge in [0.25, 0.3) is 0 Å². The summed E-state index contributed by atoms with van der Waals surface area (Å²) in [7, 11) is 0. The second-order valence-corrected chi connectivity index (χ2v) is 6.71. The molecule has 6 heteroatoms. The van der Waals surface area contributed by atoms with E-state index in [9.17, 15) is 0 Å². The first kappa shape index (κ1) is 16.4. The number of aromatic nitrogens is 4. The third kappa shape index (κ3) is 3.35. The Hall–Kier alpha value is -3.04. The minimum absolute atomic E-state index is 0.0870. The summed E-state index contributed by atoms with van der Waals surface area (Å²) in [6.45, 7) is 2.88. The van der Waals surface area contributed by atoms with Gasteiger partial charge in [-0.25, -0.2) is 4.68 Å². The van der Waals surface area contributed by atoms with Gasteiger partial charge >= 0.3 is 0 Å². The molecule has 0 radical (unpaired) electrons. The van der Waals surface area contributed by atoms with Gasteiger partial charge in [-0.3, -0.25) is 0 Å². The highest BCUT2D eigenvalue weighted by molar-refractivity contribution is 5.34. The van der Waals surface area contributed by atoms with Gasteiger partial charge in [-0.1, -0.05) is 42.5 Å². The number of nitriles is 1. The van der Waals surface area contributed by atoms with Crippen LogP contribution in [0, 0.1) is 11.3 Å². The number of nitrogens with zero attached hydrogens (tertiary/aromatic N) is 5. The number of likely N-dealkylation sites (tertiary alicyclic amines) is 1. The molecular formula is C20H21N6+. The second-order valence-electron chi connectivity index (χ2n) is 6.71. The summed E-state index contributed by atoms with van der Waals surface area (Å²) in [5.41, 5.74) is 3.01. The molecule has 2 aromatic carbocycles. The van der Waals surface area contributed by atoms with Crippen molar-refractivity contribution in [3.05, 3.63) is 77.1 Å². The fourth-order valence-corrected chi connectivity index (χ4v) is 3.72. The fraction of sp³-hybridized carbons (Fsp3) is 0.300. The van der Waals surface area contributed by atoms with Crippen LogP contribution in [-0.4, -0.2) is 33.3 Å². The molecule has 1 atom stereocenters. The summed E-state index contributed by atoms with van der Waals surface area (Å²) in [5.74, 6) is 0.885. The number of quaternary nitrogens is 1. The normalized spacial score (nSPS) is 15.7. The molecule has 3 aromatic rings. The van der Waals surface area contributed by atoms with E-state index in [-0.39, 0.29) is 6.04 Å². The molecule has 1 saturated heterocycles. The van der Waals surface area contributed by atoms with Gasteiger partial charge in [0.15, 0.2) is 6.04 Å². The smallest absolute Gasteiger partial charge is 0.214 e. The number of hydrogen-bond donors (Lipinski definition) is 1. The Labute approximate surface area is 152 Å². The molecule has 1 N–H and O–H groups in total. The van der Waals surface area contributed by atoms with E-state index in [4.69, 9.17) is 5.26 Å². The van der Waals surface area contributed by atoms with Gasteiger partial charge in [-0.05, 0) is 28.1 Å². The Morgan fingerprint density at radius 1 is 1.04 bits per heavy atom. The quantitative estimate of drug-likeness (QED) is 0.758. The molecule has 4 rings (SSSR count). The second kappa shape index (κ2) is 7.46. The van der Waals surface area contributed by atoms with Crippen LogP contribution in [0.25, 0.3) is 0 Å². The molecule has 0 bridgehead atoms. The predicted molar refractivity (Wildman–Crippen MR) is 96.3 cm³/mol. The minimum Gasteiger partial charge on any atom is -0.322 e. The van der Waals surface area contributed by atoms with Gasteiger partial charge < -0.3 is 4.90 Å². The Balaban J connectivity index is 1.70. The van der Waals surface area contributed by atoms with Crippen molar-refractivity contribution in [2.24, 2.45) is 0 Å². The van der Waals surface area contributed by atoms with Gasteiger partial charge in [0.05, 0.1) is 31.3 Å². The molecule has 1 fully saturated rings. The molecule has 2 heterocycles. The molecule has 0 saturated carbocycles. The topological polar surface area (TPSA) is 71.8 Å². The van der Waals surface area contributed by atoms with E-state index >= 15 is 0 Å². The maximum absolute atomic E-state index is 9.08. The van der Waals surface area contributed by atoms with E-state index in [1.807, 2.05) is 47.1 Å². The van der Waals surface area contributed by atoms with Gasteiger partial charge in [-0.2, -0.15) is 5.26 Å². The predicted octanol–water partition coefficient (Wildman–Crippen LogP) is 1.36. The van der Waals surface area contributed by atoms with Crippen molar-refractivity contribution in [3.8, 4) is 6.07 Å². The standard InChI is InChI=1S/C20H20N6/c21-14-16-8-10-18(11-9-16)19(25-12-4-5-13-25)20-22-23-24-26(20)15-17-6-2-1-3-7-17/h1-3,6-11,19H,4-5,12-13,15H2/p+1/t19-/m0/s1. The number of tetrazole rings is 1. The molecule has 130 valence electrons. The summed E-state index contributed by atoms with van der Waals surface area (Å²) in [6.07, 6.45) is 2.45. The molecule has 26 heavy (non-hydrogen) atoms. The maximum Gasteiger partial charge on any atom is 0.214 e. The van der Waals surface area contributed by atoms with Crippen LogP contribution >= 0.6 is 0 Å². The highest BCUT2D eigenvalue weighted by atomic mass is 15.5. The number of nitrogens with one attached hydrogen (secondary N) is 1. The maximum atomic E-state index is 9.08. The van der Waals surface area contributed by atoms with Crippen LogP contribution in [0.2, 0.25) is 0 Å². The lowest BCUT2D eigenvalue weighted by atomic mass is 10.0. The first-order valence-corrected chi connectivity index (χ1v) is 9.00. The fourth-order valence-electron chi connectivity index (χ4n) is 3.72. The minimum atomic E-state index is 0.0870. The summed E-state index contributed by atoms with van der Waals surface area (Å²) in [4.78, 5) is 1.49. The summed E-state index contributed by atoms with van der Waals surface area (Å²) < 4.78 is 1.91. The lowest BCUT2D eigenvalue weighted by Gasteiger charge is -2.24. The Bertz CT molecular complexity index is 888. The zero-order valence-corrected chi connectivity index (χ0v) is 14.5. The van der Waals surface area contributed by atoms with E-state index in [1.165, 1.54) is 23.3 Å². The molecule has 1 aliphatic rings. The lowest BCUT2D eigenvalue weighted by molar-refractivity contribution is -0.914. The van der Waals surface area contributed by atoms with E-state index in [0.29, 0.717) is 12.1 Å². The molecule has 0 amide bonds. The Kier molecular flexibility index (Phi) is 4.71. The van der Waals surface area contributed by atoms with Crippen molar-refractivity contribution in [1.82, 2.24) is 20.2 Å². The SMILES string of the molecule is N#Cc1ccc([C@@H](c2nnnn2Cc2ccccc2)[NH+]2CCCC2)cc1. The van der Waals surface area contributed by atoms with Gasteiger partial charge in [-0.15, -0.1) is 5.10 Å². The summed E-state index contributed by atoms with van der Waals surface area (Å²) >= 11 is 0. The average molecular weight is 345 g/mol. The van der Waals surface area contributed by atoms with Crippen LogP contribution in [0.4, 0.5) is 0 Å². The molecular weight excluding hydrogens is 324 g/mol. The number of benzene rings is 2. The van der Waals surface area contributed by atoms with Gasteiger partial charge in [0.2, 0.25) is 5.82 Å². The van der Waals surface area contributed by atoms with Crippen molar-refractivity contribution in [3.63, 3.8) is 0 Å². The molecule has 1 aliphatic heterocycles. The average Bonchev–Trinajstić information content (AvgIpc) is 3.37. The molecule has 0 unspecified atom stereocenters. The van der Waals surface area contributed by atoms with Crippen molar-refractivity contribution in [2.75, 3.05) is 13.1 Å². The third-order valence-corrected chi connectivity index (χ3v) is 5.02. The third-order valence-electron chi connectivity index (χ3n) is 5.02. The van der Waals surface area contributed by atoms with Crippen molar-refractivity contribution in [1.29, 1.82) is 5.26 Å². The molecule has 0 spiro atoms. The van der Waals surface area contributed by atoms with E-state index in [1.54, 1.807) is 0 Å². The molecule has 6 nitrogen and oxygen atoms in total.